The van der Waals surface area contributed by atoms with Crippen molar-refractivity contribution < 1.29 is 15.0 Å². The van der Waals surface area contributed by atoms with Gasteiger partial charge in [0.05, 0.1) is 11.4 Å². The van der Waals surface area contributed by atoms with E-state index >= 15 is 0 Å². The van der Waals surface area contributed by atoms with Crippen molar-refractivity contribution in [2.75, 3.05) is 6.54 Å². The Labute approximate surface area is 151 Å². The maximum absolute atomic E-state index is 11.1. The van der Waals surface area contributed by atoms with E-state index in [-0.39, 0.29) is 12.5 Å². The average Bonchev–Trinajstić information content (AvgIpc) is 3.12. The lowest BCUT2D eigenvalue weighted by Gasteiger charge is -2.18. The fraction of sp³-hybridized carbons (Fsp3) is 0.200. The van der Waals surface area contributed by atoms with Gasteiger partial charge in [0, 0.05) is 30.8 Å². The monoisotopic (exact) mass is 351 g/mol. The molecule has 0 bridgehead atoms. The second-order valence-electron chi connectivity index (χ2n) is 6.03. The third-order valence-corrected chi connectivity index (χ3v) is 4.05. The van der Waals surface area contributed by atoms with Crippen LogP contribution in [-0.4, -0.2) is 38.5 Å². The zero-order valence-electron chi connectivity index (χ0n) is 14.4. The first-order valence-electron chi connectivity index (χ1n) is 8.37. The predicted octanol–water partition coefficient (Wildman–Crippen LogP) is 2.07. The van der Waals surface area contributed by atoms with Gasteiger partial charge in [-0.25, -0.2) is 4.68 Å². The Balaban J connectivity index is 1.99. The van der Waals surface area contributed by atoms with E-state index in [2.05, 4.69) is 10.4 Å². The molecule has 6 heteroatoms. The van der Waals surface area contributed by atoms with Crippen LogP contribution in [0.1, 0.15) is 18.6 Å². The molecule has 2 aromatic carbocycles. The zero-order valence-corrected chi connectivity index (χ0v) is 14.4. The number of nitrogens with one attached hydrogen (secondary N) is 1. The molecule has 0 aliphatic carbocycles. The standard InChI is InChI=1S/C20H21N3O3/c1-14(24)21-12-18(25)20(26)17-13-23(16-10-6-3-7-11-16)22-19(17)15-8-4-2-5-9-15/h2-11,13,18,20,25-26H,12H2,1H3,(H,21,24). The molecule has 0 radical (unpaired) electrons. The van der Waals surface area contributed by atoms with Gasteiger partial charge in [0.1, 0.15) is 12.2 Å². The molecule has 3 rings (SSSR count). The van der Waals surface area contributed by atoms with E-state index in [0.29, 0.717) is 11.3 Å². The summed E-state index contributed by atoms with van der Waals surface area (Å²) in [6, 6.07) is 19.0. The minimum atomic E-state index is -1.19. The number of nitrogens with zero attached hydrogens (tertiary/aromatic N) is 2. The molecular formula is C20H21N3O3. The first kappa shape index (κ1) is 17.8. The molecule has 134 valence electrons. The van der Waals surface area contributed by atoms with Gasteiger partial charge in [0.25, 0.3) is 0 Å². The van der Waals surface area contributed by atoms with Crippen molar-refractivity contribution in [1.29, 1.82) is 0 Å². The molecule has 1 aromatic heterocycles. The van der Waals surface area contributed by atoms with Crippen molar-refractivity contribution in [3.05, 3.63) is 72.4 Å². The molecule has 3 N–H and O–H groups in total. The summed E-state index contributed by atoms with van der Waals surface area (Å²) >= 11 is 0. The van der Waals surface area contributed by atoms with Crippen LogP contribution in [-0.2, 0) is 4.79 Å². The van der Waals surface area contributed by atoms with Gasteiger partial charge in [-0.15, -0.1) is 0 Å². The summed E-state index contributed by atoms with van der Waals surface area (Å²) in [5.41, 5.74) is 2.77. The van der Waals surface area contributed by atoms with Gasteiger partial charge < -0.3 is 15.5 Å². The van der Waals surface area contributed by atoms with Gasteiger partial charge in [0.15, 0.2) is 0 Å². The summed E-state index contributed by atoms with van der Waals surface area (Å²) in [7, 11) is 0. The lowest BCUT2D eigenvalue weighted by Crippen LogP contribution is -2.34. The highest BCUT2D eigenvalue weighted by atomic mass is 16.3. The molecule has 2 atom stereocenters. The summed E-state index contributed by atoms with van der Waals surface area (Å²) in [5.74, 6) is -0.264. The molecule has 6 nitrogen and oxygen atoms in total. The van der Waals surface area contributed by atoms with E-state index in [1.165, 1.54) is 6.92 Å². The Hall–Kier alpha value is -2.96. The van der Waals surface area contributed by atoms with Crippen molar-refractivity contribution in [1.82, 2.24) is 15.1 Å². The van der Waals surface area contributed by atoms with Crippen molar-refractivity contribution in [2.24, 2.45) is 0 Å². The second-order valence-corrected chi connectivity index (χ2v) is 6.03. The summed E-state index contributed by atoms with van der Waals surface area (Å²) in [5, 5.41) is 28.0. The van der Waals surface area contributed by atoms with Crippen LogP contribution in [0.5, 0.6) is 0 Å². The van der Waals surface area contributed by atoms with Gasteiger partial charge in [-0.05, 0) is 12.1 Å². The van der Waals surface area contributed by atoms with Crippen molar-refractivity contribution in [2.45, 2.75) is 19.1 Å². The summed E-state index contributed by atoms with van der Waals surface area (Å²) in [6.45, 7) is 1.32. The van der Waals surface area contributed by atoms with E-state index < -0.39 is 12.2 Å². The minimum absolute atomic E-state index is 0.0404. The molecule has 0 fully saturated rings. The van der Waals surface area contributed by atoms with Gasteiger partial charge in [0.2, 0.25) is 5.91 Å². The number of carbonyl (C=O) groups excluding carboxylic acids is 1. The molecular weight excluding hydrogens is 330 g/mol. The second kappa shape index (κ2) is 7.95. The lowest BCUT2D eigenvalue weighted by molar-refractivity contribution is -0.119. The normalized spacial score (nSPS) is 13.2. The Morgan fingerprint density at radius 2 is 1.69 bits per heavy atom. The Morgan fingerprint density at radius 3 is 2.31 bits per heavy atom. The minimum Gasteiger partial charge on any atom is -0.388 e. The third-order valence-electron chi connectivity index (χ3n) is 4.05. The predicted molar refractivity (Wildman–Crippen MR) is 98.7 cm³/mol. The quantitative estimate of drug-likeness (QED) is 0.634. The highest BCUT2D eigenvalue weighted by Crippen LogP contribution is 2.29. The molecule has 3 aromatic rings. The zero-order chi connectivity index (χ0) is 18.5. The van der Waals surface area contributed by atoms with Crippen molar-refractivity contribution in [3.8, 4) is 16.9 Å². The average molecular weight is 351 g/mol. The SMILES string of the molecule is CC(=O)NCC(O)C(O)c1cn(-c2ccccc2)nc1-c1ccccc1. The summed E-state index contributed by atoms with van der Waals surface area (Å²) in [6.07, 6.45) is -0.622. The number of hydrogen-bond acceptors (Lipinski definition) is 4. The molecule has 0 aliphatic rings. The molecule has 2 unspecified atom stereocenters. The van der Waals surface area contributed by atoms with Crippen LogP contribution in [0, 0.1) is 0 Å². The fourth-order valence-corrected chi connectivity index (χ4v) is 2.70. The number of aromatic nitrogens is 2. The first-order chi connectivity index (χ1) is 12.6. The van der Waals surface area contributed by atoms with Gasteiger partial charge >= 0.3 is 0 Å². The van der Waals surface area contributed by atoms with Gasteiger partial charge in [-0.1, -0.05) is 48.5 Å². The van der Waals surface area contributed by atoms with Crippen LogP contribution >= 0.6 is 0 Å². The van der Waals surface area contributed by atoms with Crippen LogP contribution in [0.4, 0.5) is 0 Å². The number of benzene rings is 2. The van der Waals surface area contributed by atoms with Gasteiger partial charge in [-0.2, -0.15) is 5.10 Å². The van der Waals surface area contributed by atoms with E-state index in [0.717, 1.165) is 11.3 Å². The Bertz CT molecular complexity index is 863. The van der Waals surface area contributed by atoms with E-state index in [1.54, 1.807) is 10.9 Å². The number of aliphatic hydroxyl groups excluding tert-OH is 2. The molecule has 1 heterocycles. The van der Waals surface area contributed by atoms with Crippen molar-refractivity contribution in [3.63, 3.8) is 0 Å². The van der Waals surface area contributed by atoms with Crippen LogP contribution < -0.4 is 5.32 Å². The molecule has 0 saturated carbocycles. The highest BCUT2D eigenvalue weighted by Gasteiger charge is 2.25. The number of amides is 1. The van der Waals surface area contributed by atoms with Crippen LogP contribution in [0.3, 0.4) is 0 Å². The smallest absolute Gasteiger partial charge is 0.216 e. The molecule has 1 amide bonds. The number of aliphatic hydroxyl groups is 2. The Morgan fingerprint density at radius 1 is 1.08 bits per heavy atom. The molecule has 26 heavy (non-hydrogen) atoms. The fourth-order valence-electron chi connectivity index (χ4n) is 2.70. The van der Waals surface area contributed by atoms with E-state index in [9.17, 15) is 15.0 Å². The topological polar surface area (TPSA) is 87.4 Å². The van der Waals surface area contributed by atoms with Crippen molar-refractivity contribution >= 4 is 5.91 Å². The number of para-hydroxylation sites is 1. The summed E-state index contributed by atoms with van der Waals surface area (Å²) in [4.78, 5) is 11.1. The van der Waals surface area contributed by atoms with E-state index in [4.69, 9.17) is 0 Å². The molecule has 0 saturated heterocycles. The first-order valence-corrected chi connectivity index (χ1v) is 8.37. The van der Waals surface area contributed by atoms with Gasteiger partial charge in [-0.3, -0.25) is 4.79 Å². The van der Waals surface area contributed by atoms with Crippen LogP contribution in [0.15, 0.2) is 66.9 Å². The third kappa shape index (κ3) is 3.99. The largest absolute Gasteiger partial charge is 0.388 e. The summed E-state index contributed by atoms with van der Waals surface area (Å²) < 4.78 is 1.67. The maximum atomic E-state index is 11.1. The maximum Gasteiger partial charge on any atom is 0.216 e. The Kier molecular flexibility index (Phi) is 5.46. The van der Waals surface area contributed by atoms with Crippen LogP contribution in [0.25, 0.3) is 16.9 Å². The molecule has 0 aliphatic heterocycles. The van der Waals surface area contributed by atoms with E-state index in [1.807, 2.05) is 60.7 Å². The van der Waals surface area contributed by atoms with Crippen LogP contribution in [0.2, 0.25) is 0 Å². The number of hydrogen-bond donors (Lipinski definition) is 3. The molecule has 0 spiro atoms. The highest BCUT2D eigenvalue weighted by molar-refractivity contribution is 5.72. The number of carbonyl (C=O) groups is 1. The number of rotatable bonds is 6. The lowest BCUT2D eigenvalue weighted by atomic mass is 10.0.